The molecule has 0 saturated heterocycles. The number of hydrogen-bond donors (Lipinski definition) is 2. The largest absolute Gasteiger partial charge is 0.326 e. The van der Waals surface area contributed by atoms with Gasteiger partial charge >= 0.3 is 0 Å². The first kappa shape index (κ1) is 17.5. The number of benzene rings is 2. The van der Waals surface area contributed by atoms with E-state index < -0.39 is 0 Å². The Morgan fingerprint density at radius 2 is 1.54 bits per heavy atom. The molecular weight excluding hydrogens is 300 g/mol. The van der Waals surface area contributed by atoms with Crippen molar-refractivity contribution in [1.82, 2.24) is 0 Å². The van der Waals surface area contributed by atoms with Crippen LogP contribution in [0.4, 0.5) is 11.4 Å². The van der Waals surface area contributed by atoms with E-state index in [2.05, 4.69) is 10.6 Å². The molecule has 0 aromatic heterocycles. The maximum Gasteiger partial charge on any atom is 0.228 e. The highest BCUT2D eigenvalue weighted by atomic mass is 16.2. The number of amides is 2. The first-order chi connectivity index (χ1) is 11.7. The van der Waals surface area contributed by atoms with Gasteiger partial charge in [-0.15, -0.1) is 0 Å². The smallest absolute Gasteiger partial charge is 0.228 e. The first-order valence-corrected chi connectivity index (χ1v) is 8.06. The number of allylic oxidation sites excluding steroid dienone is 1. The topological polar surface area (TPSA) is 58.2 Å². The van der Waals surface area contributed by atoms with E-state index in [9.17, 15) is 9.59 Å². The normalized spacial score (nSPS) is 10.5. The molecule has 4 heteroatoms. The van der Waals surface area contributed by atoms with Gasteiger partial charge in [-0.1, -0.05) is 55.5 Å². The van der Waals surface area contributed by atoms with Crippen molar-refractivity contribution in [2.75, 3.05) is 10.6 Å². The van der Waals surface area contributed by atoms with Gasteiger partial charge in [-0.25, -0.2) is 0 Å². The summed E-state index contributed by atoms with van der Waals surface area (Å²) in [4.78, 5) is 23.9. The summed E-state index contributed by atoms with van der Waals surface area (Å²) in [7, 11) is 0. The van der Waals surface area contributed by atoms with Crippen molar-refractivity contribution in [2.24, 2.45) is 0 Å². The quantitative estimate of drug-likeness (QED) is 0.752. The number of carbonyl (C=O) groups is 2. The number of anilines is 2. The molecule has 0 fully saturated rings. The monoisotopic (exact) mass is 322 g/mol. The predicted octanol–water partition coefficient (Wildman–Crippen LogP) is 4.16. The van der Waals surface area contributed by atoms with Crippen LogP contribution in [0.1, 0.15) is 25.3 Å². The van der Waals surface area contributed by atoms with Gasteiger partial charge in [0.2, 0.25) is 11.8 Å². The molecule has 24 heavy (non-hydrogen) atoms. The van der Waals surface area contributed by atoms with Crippen molar-refractivity contribution in [3.05, 3.63) is 72.3 Å². The Morgan fingerprint density at radius 1 is 0.875 bits per heavy atom. The van der Waals surface area contributed by atoms with Gasteiger partial charge in [0.05, 0.1) is 6.42 Å². The van der Waals surface area contributed by atoms with Crippen LogP contribution in [0, 0.1) is 0 Å². The Hall–Kier alpha value is -2.88. The van der Waals surface area contributed by atoms with Crippen LogP contribution in [0.3, 0.4) is 0 Å². The molecule has 0 heterocycles. The van der Waals surface area contributed by atoms with Crippen molar-refractivity contribution in [2.45, 2.75) is 26.2 Å². The molecule has 4 nitrogen and oxygen atoms in total. The van der Waals surface area contributed by atoms with Crippen molar-refractivity contribution in [3.8, 4) is 0 Å². The van der Waals surface area contributed by atoms with Gasteiger partial charge in [0.15, 0.2) is 0 Å². The Morgan fingerprint density at radius 3 is 2.21 bits per heavy atom. The van der Waals surface area contributed by atoms with Crippen molar-refractivity contribution in [1.29, 1.82) is 0 Å². The van der Waals surface area contributed by atoms with Crippen LogP contribution in [-0.2, 0) is 16.0 Å². The molecule has 2 N–H and O–H groups in total. The average molecular weight is 322 g/mol. The number of rotatable bonds is 7. The fourth-order valence-electron chi connectivity index (χ4n) is 2.23. The van der Waals surface area contributed by atoms with Crippen LogP contribution in [0.25, 0.3) is 0 Å². The summed E-state index contributed by atoms with van der Waals surface area (Å²) in [5.74, 6) is -0.164. The number of carbonyl (C=O) groups excluding carboxylic acids is 2. The molecule has 0 aliphatic carbocycles. The van der Waals surface area contributed by atoms with Crippen LogP contribution in [-0.4, -0.2) is 11.8 Å². The van der Waals surface area contributed by atoms with Gasteiger partial charge in [0.25, 0.3) is 0 Å². The van der Waals surface area contributed by atoms with E-state index >= 15 is 0 Å². The molecule has 0 aliphatic rings. The van der Waals surface area contributed by atoms with Gasteiger partial charge in [-0.05, 0) is 30.2 Å². The van der Waals surface area contributed by atoms with E-state index in [1.165, 1.54) is 0 Å². The van der Waals surface area contributed by atoms with Gasteiger partial charge < -0.3 is 10.6 Å². The van der Waals surface area contributed by atoms with Gasteiger partial charge in [-0.2, -0.15) is 0 Å². The first-order valence-electron chi connectivity index (χ1n) is 8.06. The molecule has 0 atom stereocenters. The molecule has 2 rings (SSSR count). The molecule has 124 valence electrons. The summed E-state index contributed by atoms with van der Waals surface area (Å²) < 4.78 is 0. The molecule has 0 saturated carbocycles. The van der Waals surface area contributed by atoms with E-state index in [-0.39, 0.29) is 11.8 Å². The zero-order chi connectivity index (χ0) is 17.2. The Labute approximate surface area is 142 Å². The van der Waals surface area contributed by atoms with E-state index in [1.54, 1.807) is 24.3 Å². The van der Waals surface area contributed by atoms with Crippen LogP contribution in [0.2, 0.25) is 0 Å². The maximum absolute atomic E-state index is 12.1. The van der Waals surface area contributed by atoms with Gasteiger partial charge in [0.1, 0.15) is 0 Å². The van der Waals surface area contributed by atoms with Crippen LogP contribution in [0.15, 0.2) is 66.7 Å². The zero-order valence-electron chi connectivity index (χ0n) is 13.8. The van der Waals surface area contributed by atoms with E-state index in [0.29, 0.717) is 24.2 Å². The summed E-state index contributed by atoms with van der Waals surface area (Å²) in [5, 5.41) is 5.67. The average Bonchev–Trinajstić information content (AvgIpc) is 2.56. The molecule has 2 aromatic rings. The second-order valence-corrected chi connectivity index (χ2v) is 5.42. The molecule has 0 spiro atoms. The highest BCUT2D eigenvalue weighted by Crippen LogP contribution is 2.16. The predicted molar refractivity (Wildman–Crippen MR) is 97.9 cm³/mol. The summed E-state index contributed by atoms with van der Waals surface area (Å²) in [6.45, 7) is 2.02. The Kier molecular flexibility index (Phi) is 6.77. The lowest BCUT2D eigenvalue weighted by atomic mass is 10.1. The molecule has 0 unspecified atom stereocenters. The van der Waals surface area contributed by atoms with Crippen molar-refractivity contribution >= 4 is 23.2 Å². The standard InChI is InChI=1S/C20H22N2O2/c1-2-3-5-13-19(23)21-17-11-8-12-18(15-17)22-20(24)14-16-9-6-4-7-10-16/h3-12,15H,2,13-14H2,1H3,(H,21,23)(H,22,24). The van der Waals surface area contributed by atoms with E-state index in [4.69, 9.17) is 0 Å². The minimum atomic E-state index is -0.0874. The fourth-order valence-corrected chi connectivity index (χ4v) is 2.23. The van der Waals surface area contributed by atoms with Gasteiger partial charge in [0, 0.05) is 17.8 Å². The zero-order valence-corrected chi connectivity index (χ0v) is 13.8. The fraction of sp³-hybridized carbons (Fsp3) is 0.200. The van der Waals surface area contributed by atoms with E-state index in [0.717, 1.165) is 12.0 Å². The Bertz CT molecular complexity index is 709. The summed E-state index contributed by atoms with van der Waals surface area (Å²) in [6.07, 6.45) is 5.38. The van der Waals surface area contributed by atoms with Crippen molar-refractivity contribution in [3.63, 3.8) is 0 Å². The lowest BCUT2D eigenvalue weighted by Crippen LogP contribution is -2.15. The van der Waals surface area contributed by atoms with Crippen LogP contribution >= 0.6 is 0 Å². The second kappa shape index (κ2) is 9.30. The summed E-state index contributed by atoms with van der Waals surface area (Å²) >= 11 is 0. The third kappa shape index (κ3) is 6.08. The van der Waals surface area contributed by atoms with Crippen molar-refractivity contribution < 1.29 is 9.59 Å². The SMILES string of the molecule is CCC=CCC(=O)Nc1cccc(NC(=O)Cc2ccccc2)c1. The summed E-state index contributed by atoms with van der Waals surface area (Å²) in [6, 6.07) is 16.7. The summed E-state index contributed by atoms with van der Waals surface area (Å²) in [5.41, 5.74) is 2.29. The number of hydrogen-bond acceptors (Lipinski definition) is 2. The van der Waals surface area contributed by atoms with Gasteiger partial charge in [-0.3, -0.25) is 9.59 Å². The van der Waals surface area contributed by atoms with Crippen LogP contribution < -0.4 is 10.6 Å². The minimum Gasteiger partial charge on any atom is -0.326 e. The van der Waals surface area contributed by atoms with E-state index in [1.807, 2.05) is 49.4 Å². The number of nitrogens with one attached hydrogen (secondary N) is 2. The highest BCUT2D eigenvalue weighted by molar-refractivity contribution is 5.95. The Balaban J connectivity index is 1.91. The second-order valence-electron chi connectivity index (χ2n) is 5.42. The highest BCUT2D eigenvalue weighted by Gasteiger charge is 2.05. The third-order valence-electron chi connectivity index (χ3n) is 3.34. The molecule has 0 aliphatic heterocycles. The lowest BCUT2D eigenvalue weighted by Gasteiger charge is -2.08. The molecular formula is C20H22N2O2. The molecule has 2 amide bonds. The minimum absolute atomic E-state index is 0.0764. The molecule has 0 radical (unpaired) electrons. The maximum atomic E-state index is 12.1. The van der Waals surface area contributed by atoms with Crippen LogP contribution in [0.5, 0.6) is 0 Å². The molecule has 2 aromatic carbocycles. The molecule has 0 bridgehead atoms. The lowest BCUT2D eigenvalue weighted by molar-refractivity contribution is -0.116. The third-order valence-corrected chi connectivity index (χ3v) is 3.34.